The summed E-state index contributed by atoms with van der Waals surface area (Å²) in [7, 11) is 0. The Balaban J connectivity index is 1.29. The minimum Gasteiger partial charge on any atom is -0.355 e. The molecule has 0 spiro atoms. The smallest absolute Gasteiger partial charge is 0.355 e. The van der Waals surface area contributed by atoms with Crippen molar-refractivity contribution in [2.24, 2.45) is 5.92 Å². The number of nitrogens with one attached hydrogen (secondary N) is 1. The molecule has 2 aliphatic rings. The molecule has 1 saturated carbocycles. The fourth-order valence-electron chi connectivity index (χ4n) is 4.67. The summed E-state index contributed by atoms with van der Waals surface area (Å²) in [6.45, 7) is 3.98. The lowest BCUT2D eigenvalue weighted by atomic mass is 9.88. The summed E-state index contributed by atoms with van der Waals surface area (Å²) in [5.74, 6) is 1.08. The number of anilines is 2. The summed E-state index contributed by atoms with van der Waals surface area (Å²) in [5.41, 5.74) is 0.999. The van der Waals surface area contributed by atoms with Gasteiger partial charge in [-0.3, -0.25) is 9.69 Å². The fourth-order valence-corrected chi connectivity index (χ4v) is 4.67. The molecule has 1 aliphatic carbocycles. The van der Waals surface area contributed by atoms with E-state index < -0.39 is 11.7 Å². The zero-order chi connectivity index (χ0) is 23.3. The predicted octanol–water partition coefficient (Wildman–Crippen LogP) is 5.33. The number of alkyl halides is 3. The summed E-state index contributed by atoms with van der Waals surface area (Å²) in [5, 5.41) is 3.00. The van der Waals surface area contributed by atoms with E-state index >= 15 is 0 Å². The van der Waals surface area contributed by atoms with E-state index in [2.05, 4.69) is 20.1 Å². The number of rotatable bonds is 5. The summed E-state index contributed by atoms with van der Waals surface area (Å²) in [4.78, 5) is 21.5. The van der Waals surface area contributed by atoms with E-state index in [9.17, 15) is 18.0 Å². The Morgan fingerprint density at radius 3 is 2.36 bits per heavy atom. The second-order valence-corrected chi connectivity index (χ2v) is 9.04. The van der Waals surface area contributed by atoms with Gasteiger partial charge in [-0.05, 0) is 49.1 Å². The van der Waals surface area contributed by atoms with Crippen molar-refractivity contribution in [3.8, 4) is 0 Å². The summed E-state index contributed by atoms with van der Waals surface area (Å²) in [6, 6.07) is 9.28. The van der Waals surface area contributed by atoms with E-state index in [1.54, 1.807) is 18.3 Å². The van der Waals surface area contributed by atoms with Crippen molar-refractivity contribution in [3.05, 3.63) is 53.7 Å². The molecule has 0 radical (unpaired) electrons. The van der Waals surface area contributed by atoms with Gasteiger partial charge in [0.05, 0.1) is 17.4 Å². The van der Waals surface area contributed by atoms with Crippen LogP contribution in [0.2, 0.25) is 0 Å². The molecular weight excluding hydrogens is 429 g/mol. The molecule has 2 fully saturated rings. The average molecular weight is 461 g/mol. The Labute approximate surface area is 193 Å². The number of benzene rings is 1. The molecule has 0 unspecified atom stereocenters. The highest BCUT2D eigenvalue weighted by Gasteiger charge is 2.30. The summed E-state index contributed by atoms with van der Waals surface area (Å²) < 4.78 is 38.3. The van der Waals surface area contributed by atoms with Gasteiger partial charge in [0.2, 0.25) is 5.91 Å². The first-order chi connectivity index (χ1) is 15.9. The third-order valence-electron chi connectivity index (χ3n) is 6.59. The molecule has 8 heteroatoms. The predicted molar refractivity (Wildman–Crippen MR) is 123 cm³/mol. The lowest BCUT2D eigenvalue weighted by Gasteiger charge is -2.23. The van der Waals surface area contributed by atoms with Crippen molar-refractivity contribution < 1.29 is 18.0 Å². The number of halogens is 3. The topological polar surface area (TPSA) is 48.5 Å². The van der Waals surface area contributed by atoms with Crippen LogP contribution in [0.3, 0.4) is 0 Å². The molecule has 0 atom stereocenters. The van der Waals surface area contributed by atoms with Crippen LogP contribution in [0.25, 0.3) is 0 Å². The lowest BCUT2D eigenvalue weighted by molar-refractivity contribution is -0.137. The van der Waals surface area contributed by atoms with Gasteiger partial charge in [-0.2, -0.15) is 13.2 Å². The van der Waals surface area contributed by atoms with E-state index in [1.807, 2.05) is 12.1 Å². The van der Waals surface area contributed by atoms with E-state index in [4.69, 9.17) is 0 Å². The molecule has 1 aromatic heterocycles. The van der Waals surface area contributed by atoms with Crippen LogP contribution in [0.15, 0.2) is 42.6 Å². The summed E-state index contributed by atoms with van der Waals surface area (Å²) in [6.07, 6.45) is 3.77. The largest absolute Gasteiger partial charge is 0.416 e. The number of amides is 1. The lowest BCUT2D eigenvalue weighted by Crippen LogP contribution is -2.31. The third-order valence-corrected chi connectivity index (χ3v) is 6.59. The van der Waals surface area contributed by atoms with Gasteiger partial charge in [0.15, 0.2) is 0 Å². The van der Waals surface area contributed by atoms with Crippen LogP contribution in [-0.4, -0.2) is 42.0 Å². The summed E-state index contributed by atoms with van der Waals surface area (Å²) >= 11 is 0. The molecule has 5 nitrogen and oxygen atoms in total. The van der Waals surface area contributed by atoms with Gasteiger partial charge in [0.1, 0.15) is 5.82 Å². The highest BCUT2D eigenvalue weighted by atomic mass is 19.4. The van der Waals surface area contributed by atoms with Crippen LogP contribution in [0.1, 0.15) is 49.7 Å². The molecule has 2 heterocycles. The van der Waals surface area contributed by atoms with Crippen molar-refractivity contribution in [2.75, 3.05) is 36.4 Å². The van der Waals surface area contributed by atoms with Crippen molar-refractivity contribution in [2.45, 2.75) is 51.2 Å². The quantitative estimate of drug-likeness (QED) is 0.655. The first-order valence-electron chi connectivity index (χ1n) is 11.8. The monoisotopic (exact) mass is 460 g/mol. The van der Waals surface area contributed by atoms with E-state index in [0.29, 0.717) is 6.54 Å². The molecule has 178 valence electrons. The van der Waals surface area contributed by atoms with Crippen molar-refractivity contribution in [1.29, 1.82) is 0 Å². The van der Waals surface area contributed by atoms with E-state index in [0.717, 1.165) is 87.5 Å². The molecule has 33 heavy (non-hydrogen) atoms. The highest BCUT2D eigenvalue weighted by Crippen LogP contribution is 2.29. The molecule has 1 aliphatic heterocycles. The Hall–Kier alpha value is -2.61. The SMILES string of the molecule is O=C(Nc1ccc(N2CCCN(Cc3ccc(C(F)(F)F)cc3)CC2)nc1)C1CCCCC1. The van der Waals surface area contributed by atoms with Gasteiger partial charge in [-0.25, -0.2) is 4.98 Å². The number of pyridine rings is 1. The Morgan fingerprint density at radius 2 is 1.70 bits per heavy atom. The molecule has 1 N–H and O–H groups in total. The molecular formula is C25H31F3N4O. The van der Waals surface area contributed by atoms with Crippen LogP contribution in [0.4, 0.5) is 24.7 Å². The first-order valence-corrected chi connectivity index (χ1v) is 11.8. The van der Waals surface area contributed by atoms with E-state index in [-0.39, 0.29) is 11.8 Å². The van der Waals surface area contributed by atoms with Gasteiger partial charge in [-0.15, -0.1) is 0 Å². The number of aromatic nitrogens is 1. The molecule has 1 amide bonds. The van der Waals surface area contributed by atoms with Gasteiger partial charge in [-0.1, -0.05) is 31.4 Å². The fraction of sp³-hybridized carbons (Fsp3) is 0.520. The van der Waals surface area contributed by atoms with Crippen LogP contribution in [0, 0.1) is 5.92 Å². The average Bonchev–Trinajstić information content (AvgIpc) is 3.05. The number of hydrogen-bond donors (Lipinski definition) is 1. The van der Waals surface area contributed by atoms with Crippen LogP contribution >= 0.6 is 0 Å². The van der Waals surface area contributed by atoms with Crippen LogP contribution < -0.4 is 10.2 Å². The van der Waals surface area contributed by atoms with Gasteiger partial charge >= 0.3 is 6.18 Å². The molecule has 0 bridgehead atoms. The number of nitrogens with zero attached hydrogens (tertiary/aromatic N) is 3. The van der Waals surface area contributed by atoms with Crippen molar-refractivity contribution >= 4 is 17.4 Å². The van der Waals surface area contributed by atoms with Gasteiger partial charge in [0, 0.05) is 38.6 Å². The molecule has 2 aromatic rings. The van der Waals surface area contributed by atoms with Crippen LogP contribution in [-0.2, 0) is 17.5 Å². The van der Waals surface area contributed by atoms with Crippen LogP contribution in [0.5, 0.6) is 0 Å². The Morgan fingerprint density at radius 1 is 0.939 bits per heavy atom. The minimum absolute atomic E-state index is 0.0953. The number of carbonyl (C=O) groups is 1. The third kappa shape index (κ3) is 6.47. The minimum atomic E-state index is -4.30. The first kappa shape index (κ1) is 23.5. The molecule has 1 saturated heterocycles. The maximum absolute atomic E-state index is 12.8. The van der Waals surface area contributed by atoms with Gasteiger partial charge in [0.25, 0.3) is 0 Å². The highest BCUT2D eigenvalue weighted by molar-refractivity contribution is 5.92. The number of hydrogen-bond acceptors (Lipinski definition) is 4. The number of carbonyl (C=O) groups excluding carboxylic acids is 1. The van der Waals surface area contributed by atoms with E-state index in [1.165, 1.54) is 6.42 Å². The molecule has 1 aromatic carbocycles. The normalized spacial score (nSPS) is 18.7. The van der Waals surface area contributed by atoms with Crippen molar-refractivity contribution in [3.63, 3.8) is 0 Å². The maximum Gasteiger partial charge on any atom is 0.416 e. The molecule has 4 rings (SSSR count). The standard InChI is InChI=1S/C25H31F3N4O/c26-25(27,28)21-9-7-19(8-10-21)18-31-13-4-14-32(16-15-31)23-12-11-22(17-29-23)30-24(33)20-5-2-1-3-6-20/h7-12,17,20H,1-6,13-16,18H2,(H,30,33). The Kier molecular flexibility index (Phi) is 7.53. The second kappa shape index (κ2) is 10.5. The van der Waals surface area contributed by atoms with Crippen molar-refractivity contribution in [1.82, 2.24) is 9.88 Å². The zero-order valence-corrected chi connectivity index (χ0v) is 18.8. The van der Waals surface area contributed by atoms with Gasteiger partial charge < -0.3 is 10.2 Å². The Bertz CT molecular complexity index is 909. The maximum atomic E-state index is 12.8. The second-order valence-electron chi connectivity index (χ2n) is 9.04. The zero-order valence-electron chi connectivity index (χ0n) is 18.8.